The molecule has 0 amide bonds. The van der Waals surface area contributed by atoms with Gasteiger partial charge in [-0.1, -0.05) is 0 Å². The van der Waals surface area contributed by atoms with E-state index in [0.29, 0.717) is 5.82 Å². The summed E-state index contributed by atoms with van der Waals surface area (Å²) < 4.78 is 29.3. The molecule has 0 aliphatic carbocycles. The van der Waals surface area contributed by atoms with Crippen LogP contribution in [-0.4, -0.2) is 23.2 Å². The molecule has 18 heavy (non-hydrogen) atoms. The lowest BCUT2D eigenvalue weighted by atomic mass is 10.4. The highest BCUT2D eigenvalue weighted by molar-refractivity contribution is 9.11. The Morgan fingerprint density at radius 2 is 2.28 bits per heavy atom. The van der Waals surface area contributed by atoms with Gasteiger partial charge < -0.3 is 4.57 Å². The zero-order valence-corrected chi connectivity index (χ0v) is 12.9. The number of hydrogen-bond donors (Lipinski definition) is 1. The van der Waals surface area contributed by atoms with Crippen molar-refractivity contribution in [1.82, 2.24) is 19.5 Å². The Morgan fingerprint density at radius 1 is 1.56 bits per heavy atom. The van der Waals surface area contributed by atoms with Gasteiger partial charge in [0.05, 0.1) is 10.3 Å². The van der Waals surface area contributed by atoms with Gasteiger partial charge in [-0.05, 0) is 34.5 Å². The highest BCUT2D eigenvalue weighted by atomic mass is 79.9. The minimum atomic E-state index is -3.50. The molecule has 0 unspecified atom stereocenters. The molecule has 0 aromatic carbocycles. The van der Waals surface area contributed by atoms with Gasteiger partial charge in [0.25, 0.3) is 10.0 Å². The van der Waals surface area contributed by atoms with Crippen molar-refractivity contribution in [3.8, 4) is 0 Å². The molecule has 2 rings (SSSR count). The summed E-state index contributed by atoms with van der Waals surface area (Å²) in [7, 11) is -1.74. The average molecular weight is 351 g/mol. The molecule has 0 aliphatic rings. The highest BCUT2D eigenvalue weighted by Gasteiger charge is 2.18. The Balaban J connectivity index is 2.15. The summed E-state index contributed by atoms with van der Waals surface area (Å²) in [6.45, 7) is 1.97. The van der Waals surface area contributed by atoms with Crippen LogP contribution in [0.1, 0.15) is 11.4 Å². The lowest BCUT2D eigenvalue weighted by molar-refractivity contribution is 0.579. The van der Waals surface area contributed by atoms with E-state index in [1.807, 2.05) is 6.92 Å². The third kappa shape index (κ3) is 2.79. The van der Waals surface area contributed by atoms with Gasteiger partial charge in [-0.15, -0.1) is 21.5 Å². The lowest BCUT2D eigenvalue weighted by Crippen LogP contribution is -2.24. The molecular weight excluding hydrogens is 340 g/mol. The normalized spacial score (nSPS) is 11.9. The second kappa shape index (κ2) is 5.08. The second-order valence-corrected chi connectivity index (χ2v) is 8.07. The molecule has 2 aromatic heterocycles. The molecule has 0 spiro atoms. The van der Waals surface area contributed by atoms with Crippen LogP contribution in [-0.2, 0) is 23.6 Å². The van der Waals surface area contributed by atoms with E-state index in [4.69, 9.17) is 0 Å². The molecule has 0 saturated carbocycles. The number of aromatic nitrogens is 3. The molecule has 0 fully saturated rings. The maximum atomic E-state index is 12.0. The minimum Gasteiger partial charge on any atom is -0.320 e. The van der Waals surface area contributed by atoms with Crippen molar-refractivity contribution in [3.05, 3.63) is 27.6 Å². The highest BCUT2D eigenvalue weighted by Crippen LogP contribution is 2.30. The van der Waals surface area contributed by atoms with E-state index in [1.54, 1.807) is 17.7 Å². The van der Waals surface area contributed by atoms with Gasteiger partial charge in [0.2, 0.25) is 0 Å². The fraction of sp³-hybridized carbons (Fsp3) is 0.333. The largest absolute Gasteiger partial charge is 0.320 e. The topological polar surface area (TPSA) is 76.9 Å². The second-order valence-electron chi connectivity index (χ2n) is 3.70. The third-order valence-electron chi connectivity index (χ3n) is 2.32. The molecule has 1 N–H and O–H groups in total. The van der Waals surface area contributed by atoms with Crippen molar-refractivity contribution in [3.63, 3.8) is 0 Å². The Labute approximate surface area is 117 Å². The molecule has 98 valence electrons. The van der Waals surface area contributed by atoms with Crippen molar-refractivity contribution in [2.75, 3.05) is 0 Å². The van der Waals surface area contributed by atoms with E-state index in [2.05, 4.69) is 30.8 Å². The van der Waals surface area contributed by atoms with Gasteiger partial charge in [0.15, 0.2) is 0 Å². The van der Waals surface area contributed by atoms with Gasteiger partial charge in [-0.3, -0.25) is 0 Å². The first kappa shape index (κ1) is 13.7. The van der Waals surface area contributed by atoms with Gasteiger partial charge in [0, 0.05) is 7.05 Å². The summed E-state index contributed by atoms with van der Waals surface area (Å²) in [6, 6.07) is 1.63. The predicted molar refractivity (Wildman–Crippen MR) is 71.8 cm³/mol. The van der Waals surface area contributed by atoms with Crippen molar-refractivity contribution < 1.29 is 8.42 Å². The molecule has 0 radical (unpaired) electrons. The number of nitrogens with one attached hydrogen (secondary N) is 1. The summed E-state index contributed by atoms with van der Waals surface area (Å²) in [5.74, 6) is 0.561. The molecule has 0 atom stereocenters. The summed E-state index contributed by atoms with van der Waals surface area (Å²) in [5.41, 5.74) is 0.902. The standard InChI is InChI=1S/C9H11BrN4O2S2/c1-6-3-8(17-9(6)10)18(15,16)12-4-7-13-11-5-14(7)2/h3,5,12H,4H2,1-2H3. The Hall–Kier alpha value is -0.770. The van der Waals surface area contributed by atoms with Gasteiger partial charge >= 0.3 is 0 Å². The van der Waals surface area contributed by atoms with Crippen LogP contribution in [0, 0.1) is 6.92 Å². The first-order valence-corrected chi connectivity index (χ1v) is 8.08. The minimum absolute atomic E-state index is 0.118. The number of hydrogen-bond acceptors (Lipinski definition) is 5. The van der Waals surface area contributed by atoms with E-state index in [9.17, 15) is 8.42 Å². The Kier molecular flexibility index (Phi) is 3.85. The van der Waals surface area contributed by atoms with E-state index in [1.165, 1.54) is 17.7 Å². The quantitative estimate of drug-likeness (QED) is 0.904. The van der Waals surface area contributed by atoms with Crippen LogP contribution < -0.4 is 4.72 Å². The van der Waals surface area contributed by atoms with E-state index < -0.39 is 10.0 Å². The number of thiophene rings is 1. The Morgan fingerprint density at radius 3 is 2.78 bits per heavy atom. The van der Waals surface area contributed by atoms with E-state index in [0.717, 1.165) is 9.35 Å². The predicted octanol–water partition coefficient (Wildman–Crippen LogP) is 1.43. The third-order valence-corrected chi connectivity index (χ3v) is 6.34. The first-order chi connectivity index (χ1) is 8.40. The summed E-state index contributed by atoms with van der Waals surface area (Å²) in [5, 5.41) is 7.50. The number of sulfonamides is 1. The van der Waals surface area contributed by atoms with Crippen LogP contribution in [0.2, 0.25) is 0 Å². The number of halogens is 1. The first-order valence-electron chi connectivity index (χ1n) is 4.98. The molecule has 0 bridgehead atoms. The lowest BCUT2D eigenvalue weighted by Gasteiger charge is -2.03. The van der Waals surface area contributed by atoms with E-state index >= 15 is 0 Å². The fourth-order valence-corrected chi connectivity index (χ4v) is 4.51. The van der Waals surface area contributed by atoms with Crippen LogP contribution in [0.4, 0.5) is 0 Å². The van der Waals surface area contributed by atoms with Gasteiger partial charge in [0.1, 0.15) is 16.4 Å². The van der Waals surface area contributed by atoms with Crippen LogP contribution in [0.15, 0.2) is 20.4 Å². The molecule has 9 heteroatoms. The molecule has 2 aromatic rings. The van der Waals surface area contributed by atoms with Gasteiger partial charge in [-0.25, -0.2) is 13.1 Å². The smallest absolute Gasteiger partial charge is 0.250 e. The average Bonchev–Trinajstić information content (AvgIpc) is 2.84. The fourth-order valence-electron chi connectivity index (χ4n) is 1.26. The van der Waals surface area contributed by atoms with Crippen LogP contribution in [0.25, 0.3) is 0 Å². The summed E-state index contributed by atoms with van der Waals surface area (Å²) in [4.78, 5) is 0. The molecule has 2 heterocycles. The van der Waals surface area contributed by atoms with Crippen LogP contribution in [0.3, 0.4) is 0 Å². The molecule has 0 saturated heterocycles. The summed E-state index contributed by atoms with van der Waals surface area (Å²) in [6.07, 6.45) is 1.52. The van der Waals surface area contributed by atoms with Crippen LogP contribution in [0.5, 0.6) is 0 Å². The van der Waals surface area contributed by atoms with Crippen LogP contribution >= 0.6 is 27.3 Å². The Bertz CT molecular complexity index is 642. The maximum Gasteiger partial charge on any atom is 0.250 e. The molecule has 0 aliphatic heterocycles. The number of rotatable bonds is 4. The SMILES string of the molecule is Cc1cc(S(=O)(=O)NCc2nncn2C)sc1Br. The van der Waals surface area contributed by atoms with Gasteiger partial charge in [-0.2, -0.15) is 0 Å². The maximum absolute atomic E-state index is 12.0. The zero-order valence-electron chi connectivity index (χ0n) is 9.71. The number of aryl methyl sites for hydroxylation is 2. The zero-order chi connectivity index (χ0) is 13.3. The molecule has 6 nitrogen and oxygen atoms in total. The van der Waals surface area contributed by atoms with E-state index in [-0.39, 0.29) is 10.8 Å². The van der Waals surface area contributed by atoms with Crippen molar-refractivity contribution in [2.45, 2.75) is 17.7 Å². The van der Waals surface area contributed by atoms with Crippen molar-refractivity contribution in [1.29, 1.82) is 0 Å². The number of nitrogens with zero attached hydrogens (tertiary/aromatic N) is 3. The summed E-state index contributed by atoms with van der Waals surface area (Å²) >= 11 is 4.50. The van der Waals surface area contributed by atoms with Crippen molar-refractivity contribution >= 4 is 37.3 Å². The monoisotopic (exact) mass is 350 g/mol. The van der Waals surface area contributed by atoms with Crippen molar-refractivity contribution in [2.24, 2.45) is 7.05 Å². The molecular formula is C9H11BrN4O2S2.